The van der Waals surface area contributed by atoms with Gasteiger partial charge in [0.15, 0.2) is 0 Å². The van der Waals surface area contributed by atoms with E-state index in [1.165, 1.54) is 12.8 Å². The van der Waals surface area contributed by atoms with Crippen LogP contribution in [0.4, 0.5) is 5.82 Å². The third kappa shape index (κ3) is 2.56. The zero-order valence-corrected chi connectivity index (χ0v) is 12.2. The topological polar surface area (TPSA) is 38.2 Å². The average molecular weight is 282 g/mol. The Hall–Kier alpha value is -0.870. The number of fused-ring (bicyclic) bond motifs is 1. The first-order chi connectivity index (χ1) is 9.15. The first kappa shape index (κ1) is 13.1. The summed E-state index contributed by atoms with van der Waals surface area (Å²) in [5, 5.41) is 0.537. The summed E-state index contributed by atoms with van der Waals surface area (Å²) in [6.07, 6.45) is 3.95. The van der Waals surface area contributed by atoms with Crippen LogP contribution in [0, 0.1) is 0 Å². The molecule has 0 amide bonds. The number of halogens is 1. The van der Waals surface area contributed by atoms with Crippen molar-refractivity contribution in [1.29, 1.82) is 0 Å². The van der Waals surface area contributed by atoms with Gasteiger partial charge in [-0.3, -0.25) is 0 Å². The zero-order valence-electron chi connectivity index (χ0n) is 11.5. The molecule has 2 fully saturated rings. The molecule has 1 aromatic rings. The van der Waals surface area contributed by atoms with Crippen molar-refractivity contribution < 1.29 is 4.74 Å². The van der Waals surface area contributed by atoms with Crippen LogP contribution < -0.4 is 4.90 Å². The van der Waals surface area contributed by atoms with Crippen LogP contribution in [0.25, 0.3) is 0 Å². The quantitative estimate of drug-likeness (QED) is 0.781. The van der Waals surface area contributed by atoms with Gasteiger partial charge >= 0.3 is 0 Å². The van der Waals surface area contributed by atoms with E-state index in [-0.39, 0.29) is 5.92 Å². The highest BCUT2D eigenvalue weighted by Gasteiger charge is 2.36. The smallest absolute Gasteiger partial charge is 0.135 e. The van der Waals surface area contributed by atoms with Crippen molar-refractivity contribution in [2.45, 2.75) is 51.2 Å². The molecular weight excluding hydrogens is 262 g/mol. The maximum absolute atomic E-state index is 6.15. The van der Waals surface area contributed by atoms with E-state index in [1.807, 2.05) is 6.07 Å². The number of ether oxygens (including phenoxy) is 1. The standard InChI is InChI=1S/C14H20ClN3O/c1-9(2)14-16-12(15)8-13(17-14)18-6-7-19-11-5-3-4-10(11)18/h8-11H,3-7H2,1-2H3. The van der Waals surface area contributed by atoms with Gasteiger partial charge in [0.05, 0.1) is 18.8 Å². The van der Waals surface area contributed by atoms with Crippen molar-refractivity contribution >= 4 is 17.4 Å². The average Bonchev–Trinajstić information content (AvgIpc) is 2.85. The minimum Gasteiger partial charge on any atom is -0.374 e. The highest BCUT2D eigenvalue weighted by Crippen LogP contribution is 2.33. The Kier molecular flexibility index (Phi) is 3.63. The summed E-state index contributed by atoms with van der Waals surface area (Å²) in [5.41, 5.74) is 0. The Balaban J connectivity index is 1.92. The molecule has 1 saturated heterocycles. The molecular formula is C14H20ClN3O. The van der Waals surface area contributed by atoms with E-state index >= 15 is 0 Å². The van der Waals surface area contributed by atoms with Gasteiger partial charge in [0, 0.05) is 18.5 Å². The number of aromatic nitrogens is 2. The lowest BCUT2D eigenvalue weighted by Gasteiger charge is -2.38. The molecule has 0 N–H and O–H groups in total. The number of rotatable bonds is 2. The van der Waals surface area contributed by atoms with Crippen molar-refractivity contribution in [3.63, 3.8) is 0 Å². The van der Waals surface area contributed by atoms with Crippen LogP contribution in [0.1, 0.15) is 44.9 Å². The summed E-state index contributed by atoms with van der Waals surface area (Å²) >= 11 is 6.15. The predicted octanol–water partition coefficient (Wildman–Crippen LogP) is 3.01. The van der Waals surface area contributed by atoms with E-state index in [4.69, 9.17) is 21.3 Å². The van der Waals surface area contributed by atoms with E-state index < -0.39 is 0 Å². The van der Waals surface area contributed by atoms with Crippen LogP contribution in [0.5, 0.6) is 0 Å². The van der Waals surface area contributed by atoms with Gasteiger partial charge in [0.25, 0.3) is 0 Å². The van der Waals surface area contributed by atoms with E-state index in [0.717, 1.165) is 31.2 Å². The Bertz CT molecular complexity index is 466. The molecule has 1 aliphatic heterocycles. The van der Waals surface area contributed by atoms with Crippen molar-refractivity contribution in [2.75, 3.05) is 18.1 Å². The third-order valence-corrected chi connectivity index (χ3v) is 4.19. The molecule has 2 unspecified atom stereocenters. The predicted molar refractivity (Wildman–Crippen MR) is 75.9 cm³/mol. The molecule has 1 saturated carbocycles. The van der Waals surface area contributed by atoms with Gasteiger partial charge < -0.3 is 9.64 Å². The van der Waals surface area contributed by atoms with E-state index in [0.29, 0.717) is 17.3 Å². The minimum atomic E-state index is 0.290. The molecule has 0 aromatic carbocycles. The summed E-state index contributed by atoms with van der Waals surface area (Å²) in [5.74, 6) is 2.07. The zero-order chi connectivity index (χ0) is 13.4. The number of hydrogen-bond donors (Lipinski definition) is 0. The summed E-state index contributed by atoms with van der Waals surface area (Å²) in [6.45, 7) is 5.85. The number of hydrogen-bond acceptors (Lipinski definition) is 4. The van der Waals surface area contributed by atoms with Crippen LogP contribution in [0.2, 0.25) is 5.15 Å². The minimum absolute atomic E-state index is 0.290. The normalized spacial score (nSPS) is 26.8. The maximum Gasteiger partial charge on any atom is 0.135 e. The summed E-state index contributed by atoms with van der Waals surface area (Å²) in [7, 11) is 0. The molecule has 1 aliphatic carbocycles. The molecule has 2 aliphatic rings. The van der Waals surface area contributed by atoms with Gasteiger partial charge in [0.1, 0.15) is 16.8 Å². The lowest BCUT2D eigenvalue weighted by molar-refractivity contribution is 0.0253. The largest absolute Gasteiger partial charge is 0.374 e. The van der Waals surface area contributed by atoms with Crippen LogP contribution in [-0.2, 0) is 4.74 Å². The van der Waals surface area contributed by atoms with Gasteiger partial charge in [-0.05, 0) is 19.3 Å². The number of morpholine rings is 1. The van der Waals surface area contributed by atoms with Gasteiger partial charge in [-0.25, -0.2) is 9.97 Å². The first-order valence-corrected chi connectivity index (χ1v) is 7.45. The number of anilines is 1. The molecule has 1 aromatic heterocycles. The second-order valence-electron chi connectivity index (χ2n) is 5.66. The Labute approximate surface area is 119 Å². The van der Waals surface area contributed by atoms with Crippen molar-refractivity contribution in [1.82, 2.24) is 9.97 Å². The number of nitrogens with zero attached hydrogens (tertiary/aromatic N) is 3. The van der Waals surface area contributed by atoms with Crippen LogP contribution in [0.15, 0.2) is 6.07 Å². The van der Waals surface area contributed by atoms with Crippen molar-refractivity contribution in [3.05, 3.63) is 17.0 Å². The first-order valence-electron chi connectivity index (χ1n) is 7.08. The monoisotopic (exact) mass is 281 g/mol. The molecule has 3 rings (SSSR count). The fourth-order valence-electron chi connectivity index (χ4n) is 3.04. The molecule has 0 radical (unpaired) electrons. The fraction of sp³-hybridized carbons (Fsp3) is 0.714. The molecule has 2 atom stereocenters. The molecule has 19 heavy (non-hydrogen) atoms. The molecule has 2 heterocycles. The SMILES string of the molecule is CC(C)c1nc(Cl)cc(N2CCOC3CCCC32)n1. The molecule has 104 valence electrons. The van der Waals surface area contributed by atoms with E-state index in [9.17, 15) is 0 Å². The Morgan fingerprint density at radius 2 is 2.21 bits per heavy atom. The third-order valence-electron chi connectivity index (χ3n) is 3.99. The second kappa shape index (κ2) is 5.25. The van der Waals surface area contributed by atoms with Crippen LogP contribution in [0.3, 0.4) is 0 Å². The molecule has 0 bridgehead atoms. The maximum atomic E-state index is 6.15. The molecule has 0 spiro atoms. The van der Waals surface area contributed by atoms with Crippen LogP contribution in [-0.4, -0.2) is 35.3 Å². The van der Waals surface area contributed by atoms with Gasteiger partial charge in [-0.2, -0.15) is 0 Å². The lowest BCUT2D eigenvalue weighted by atomic mass is 10.1. The Morgan fingerprint density at radius 3 is 3.00 bits per heavy atom. The van der Waals surface area contributed by atoms with Gasteiger partial charge in [0.2, 0.25) is 0 Å². The van der Waals surface area contributed by atoms with Gasteiger partial charge in [-0.15, -0.1) is 0 Å². The van der Waals surface area contributed by atoms with Crippen molar-refractivity contribution in [2.24, 2.45) is 0 Å². The summed E-state index contributed by atoms with van der Waals surface area (Å²) in [6, 6.07) is 2.34. The Morgan fingerprint density at radius 1 is 1.37 bits per heavy atom. The van der Waals surface area contributed by atoms with E-state index in [2.05, 4.69) is 23.7 Å². The lowest BCUT2D eigenvalue weighted by Crippen LogP contribution is -2.49. The fourth-order valence-corrected chi connectivity index (χ4v) is 3.22. The van der Waals surface area contributed by atoms with E-state index in [1.54, 1.807) is 0 Å². The van der Waals surface area contributed by atoms with Crippen molar-refractivity contribution in [3.8, 4) is 0 Å². The van der Waals surface area contributed by atoms with Crippen LogP contribution >= 0.6 is 11.6 Å². The summed E-state index contributed by atoms with van der Waals surface area (Å²) < 4.78 is 5.84. The highest BCUT2D eigenvalue weighted by molar-refractivity contribution is 6.29. The molecule has 4 nitrogen and oxygen atoms in total. The highest BCUT2D eigenvalue weighted by atomic mass is 35.5. The van der Waals surface area contributed by atoms with Gasteiger partial charge in [-0.1, -0.05) is 25.4 Å². The summed E-state index contributed by atoms with van der Waals surface area (Å²) in [4.78, 5) is 11.4. The molecule has 5 heteroatoms. The second-order valence-corrected chi connectivity index (χ2v) is 6.05.